The lowest BCUT2D eigenvalue weighted by molar-refractivity contribution is -0.143. The van der Waals surface area contributed by atoms with Gasteiger partial charge in [0.2, 0.25) is 0 Å². The predicted octanol–water partition coefficient (Wildman–Crippen LogP) is 4.05. The van der Waals surface area contributed by atoms with E-state index in [1.807, 2.05) is 26.0 Å². The van der Waals surface area contributed by atoms with Crippen LogP contribution in [0, 0.1) is 20.8 Å². The Kier molecular flexibility index (Phi) is 5.29. The lowest BCUT2D eigenvalue weighted by atomic mass is 10.0. The SMILES string of the molecule is COC(=O)[C@@H](NC(=O)c1cc(-c2cc(C)oc2C)nc2onc(C)c12)c1ccccc1. The van der Waals surface area contributed by atoms with Crippen LogP contribution in [-0.4, -0.2) is 29.1 Å². The summed E-state index contributed by atoms with van der Waals surface area (Å²) in [5.74, 6) is 0.346. The molecular weight excluding hydrogens is 398 g/mol. The fraction of sp³-hybridized carbons (Fsp3) is 0.217. The topological polar surface area (TPSA) is 107 Å². The number of hydrogen-bond acceptors (Lipinski definition) is 7. The number of pyridine rings is 1. The molecule has 1 aromatic carbocycles. The number of hydrogen-bond donors (Lipinski definition) is 1. The van der Waals surface area contributed by atoms with Gasteiger partial charge in [0.1, 0.15) is 11.5 Å². The van der Waals surface area contributed by atoms with E-state index in [-0.39, 0.29) is 5.71 Å². The average molecular weight is 419 g/mol. The van der Waals surface area contributed by atoms with Crippen molar-refractivity contribution in [2.24, 2.45) is 0 Å². The third kappa shape index (κ3) is 3.79. The molecule has 8 heteroatoms. The number of esters is 1. The number of ether oxygens (including phenoxy) is 1. The maximum absolute atomic E-state index is 13.3. The molecule has 1 amide bonds. The minimum atomic E-state index is -0.969. The Morgan fingerprint density at radius 1 is 1.10 bits per heavy atom. The second-order valence-corrected chi connectivity index (χ2v) is 7.17. The van der Waals surface area contributed by atoms with Crippen molar-refractivity contribution in [2.75, 3.05) is 7.11 Å². The summed E-state index contributed by atoms with van der Waals surface area (Å²) in [6.07, 6.45) is 0. The number of nitrogens with one attached hydrogen (secondary N) is 1. The highest BCUT2D eigenvalue weighted by atomic mass is 16.5. The molecule has 0 bridgehead atoms. The van der Waals surface area contributed by atoms with Gasteiger partial charge in [0.05, 0.1) is 29.4 Å². The first kappa shape index (κ1) is 20.3. The highest BCUT2D eigenvalue weighted by molar-refractivity contribution is 6.08. The van der Waals surface area contributed by atoms with E-state index in [1.54, 1.807) is 37.3 Å². The van der Waals surface area contributed by atoms with Crippen molar-refractivity contribution in [1.82, 2.24) is 15.5 Å². The molecule has 0 radical (unpaired) electrons. The second-order valence-electron chi connectivity index (χ2n) is 7.17. The number of methoxy groups -OCH3 is 1. The van der Waals surface area contributed by atoms with Crippen LogP contribution >= 0.6 is 0 Å². The number of rotatable bonds is 5. The van der Waals surface area contributed by atoms with E-state index < -0.39 is 17.9 Å². The Balaban J connectivity index is 1.80. The van der Waals surface area contributed by atoms with Crippen molar-refractivity contribution in [2.45, 2.75) is 26.8 Å². The van der Waals surface area contributed by atoms with Crippen LogP contribution in [0.25, 0.3) is 22.4 Å². The number of furan rings is 1. The van der Waals surface area contributed by atoms with Crippen LogP contribution in [-0.2, 0) is 9.53 Å². The van der Waals surface area contributed by atoms with Gasteiger partial charge in [-0.15, -0.1) is 0 Å². The minimum absolute atomic E-state index is 0.229. The first-order chi connectivity index (χ1) is 14.9. The monoisotopic (exact) mass is 419 g/mol. The third-order valence-corrected chi connectivity index (χ3v) is 5.02. The van der Waals surface area contributed by atoms with Gasteiger partial charge < -0.3 is 19.0 Å². The maximum Gasteiger partial charge on any atom is 0.333 e. The zero-order valence-corrected chi connectivity index (χ0v) is 17.6. The van der Waals surface area contributed by atoms with Crippen LogP contribution in [0.1, 0.15) is 39.2 Å². The molecule has 0 saturated heterocycles. The molecule has 0 saturated carbocycles. The maximum atomic E-state index is 13.3. The molecule has 0 fully saturated rings. The zero-order chi connectivity index (χ0) is 22.1. The van der Waals surface area contributed by atoms with Gasteiger partial charge in [-0.3, -0.25) is 4.79 Å². The molecule has 1 atom stereocenters. The summed E-state index contributed by atoms with van der Waals surface area (Å²) in [6.45, 7) is 5.39. The normalized spacial score (nSPS) is 12.0. The molecule has 0 aliphatic carbocycles. The number of amides is 1. The van der Waals surface area contributed by atoms with Crippen LogP contribution in [0.5, 0.6) is 0 Å². The molecule has 158 valence electrons. The Hall–Kier alpha value is -3.94. The van der Waals surface area contributed by atoms with E-state index in [0.29, 0.717) is 33.7 Å². The lowest BCUT2D eigenvalue weighted by Crippen LogP contribution is -2.34. The van der Waals surface area contributed by atoms with Crippen LogP contribution in [0.4, 0.5) is 0 Å². The quantitative estimate of drug-likeness (QED) is 0.486. The second kappa shape index (κ2) is 8.06. The fourth-order valence-electron chi connectivity index (χ4n) is 3.55. The molecule has 3 aromatic heterocycles. The molecule has 4 aromatic rings. The number of carbonyl (C=O) groups is 2. The van der Waals surface area contributed by atoms with E-state index in [2.05, 4.69) is 15.5 Å². The summed E-state index contributed by atoms with van der Waals surface area (Å²) in [7, 11) is 1.28. The summed E-state index contributed by atoms with van der Waals surface area (Å²) in [6, 6.07) is 11.4. The van der Waals surface area contributed by atoms with Crippen LogP contribution in [0.3, 0.4) is 0 Å². The molecular formula is C23H21N3O5. The summed E-state index contributed by atoms with van der Waals surface area (Å²) in [5, 5.41) is 7.21. The standard InChI is InChI=1S/C23H21N3O5/c1-12-10-16(14(3)30-12)18-11-17(19-13(2)26-31-22(19)24-18)21(27)25-20(23(28)29-4)15-8-6-5-7-9-15/h5-11,20H,1-4H3,(H,25,27)/t20-/m0/s1. The molecule has 3 heterocycles. The Bertz CT molecular complexity index is 1270. The van der Waals surface area contributed by atoms with Gasteiger partial charge in [0.15, 0.2) is 6.04 Å². The summed E-state index contributed by atoms with van der Waals surface area (Å²) in [5.41, 5.74) is 2.91. The Morgan fingerprint density at radius 3 is 2.48 bits per heavy atom. The van der Waals surface area contributed by atoms with Gasteiger partial charge in [-0.05, 0) is 38.5 Å². The van der Waals surface area contributed by atoms with Crippen LogP contribution < -0.4 is 5.32 Å². The average Bonchev–Trinajstić information content (AvgIpc) is 3.32. The van der Waals surface area contributed by atoms with Gasteiger partial charge >= 0.3 is 5.97 Å². The molecule has 0 spiro atoms. The smallest absolute Gasteiger partial charge is 0.333 e. The molecule has 4 rings (SSSR count). The van der Waals surface area contributed by atoms with E-state index in [0.717, 1.165) is 11.3 Å². The lowest BCUT2D eigenvalue weighted by Gasteiger charge is -2.17. The van der Waals surface area contributed by atoms with E-state index in [4.69, 9.17) is 13.7 Å². The number of nitrogens with zero attached hydrogens (tertiary/aromatic N) is 2. The van der Waals surface area contributed by atoms with Crippen molar-refractivity contribution >= 4 is 23.0 Å². The van der Waals surface area contributed by atoms with Crippen molar-refractivity contribution < 1.29 is 23.3 Å². The van der Waals surface area contributed by atoms with Crippen LogP contribution in [0.15, 0.2) is 51.4 Å². The highest BCUT2D eigenvalue weighted by Gasteiger charge is 2.27. The molecule has 0 aliphatic rings. The van der Waals surface area contributed by atoms with Gasteiger partial charge in [-0.25, -0.2) is 9.78 Å². The number of carbonyl (C=O) groups excluding carboxylic acids is 2. The van der Waals surface area contributed by atoms with Crippen molar-refractivity contribution in [1.29, 1.82) is 0 Å². The molecule has 31 heavy (non-hydrogen) atoms. The third-order valence-electron chi connectivity index (χ3n) is 5.02. The van der Waals surface area contributed by atoms with Gasteiger partial charge in [-0.1, -0.05) is 35.5 Å². The minimum Gasteiger partial charge on any atom is -0.467 e. The summed E-state index contributed by atoms with van der Waals surface area (Å²) in [4.78, 5) is 30.3. The Morgan fingerprint density at radius 2 is 1.84 bits per heavy atom. The predicted molar refractivity (Wildman–Crippen MR) is 112 cm³/mol. The zero-order valence-electron chi connectivity index (χ0n) is 17.6. The van der Waals surface area contributed by atoms with Gasteiger partial charge in [0, 0.05) is 5.56 Å². The largest absolute Gasteiger partial charge is 0.467 e. The van der Waals surface area contributed by atoms with Crippen molar-refractivity contribution in [3.8, 4) is 11.3 Å². The van der Waals surface area contributed by atoms with E-state index in [9.17, 15) is 9.59 Å². The van der Waals surface area contributed by atoms with Crippen LogP contribution in [0.2, 0.25) is 0 Å². The first-order valence-corrected chi connectivity index (χ1v) is 9.67. The molecule has 0 aliphatic heterocycles. The molecule has 1 N–H and O–H groups in total. The number of aryl methyl sites for hydroxylation is 3. The van der Waals surface area contributed by atoms with Crippen molar-refractivity contribution in [3.05, 3.63) is 70.8 Å². The first-order valence-electron chi connectivity index (χ1n) is 9.67. The van der Waals surface area contributed by atoms with E-state index in [1.165, 1.54) is 7.11 Å². The summed E-state index contributed by atoms with van der Waals surface area (Å²) < 4.78 is 15.9. The molecule has 8 nitrogen and oxygen atoms in total. The van der Waals surface area contributed by atoms with Crippen molar-refractivity contribution in [3.63, 3.8) is 0 Å². The fourth-order valence-corrected chi connectivity index (χ4v) is 3.55. The summed E-state index contributed by atoms with van der Waals surface area (Å²) >= 11 is 0. The van der Waals surface area contributed by atoms with E-state index >= 15 is 0 Å². The number of aromatic nitrogens is 2. The Labute approximate surface area is 178 Å². The number of fused-ring (bicyclic) bond motifs is 1. The number of benzene rings is 1. The molecule has 0 unspecified atom stereocenters. The van der Waals surface area contributed by atoms with Gasteiger partial charge in [0.25, 0.3) is 11.6 Å². The van der Waals surface area contributed by atoms with Gasteiger partial charge in [-0.2, -0.15) is 0 Å². The highest BCUT2D eigenvalue weighted by Crippen LogP contribution is 2.30.